The van der Waals surface area contributed by atoms with Crippen molar-refractivity contribution in [3.05, 3.63) is 11.1 Å². The van der Waals surface area contributed by atoms with Gasteiger partial charge in [-0.25, -0.2) is 0 Å². The molecule has 0 unspecified atom stereocenters. The second-order valence-electron chi connectivity index (χ2n) is 13.0. The Morgan fingerprint density at radius 2 is 1.81 bits per heavy atom. The van der Waals surface area contributed by atoms with Gasteiger partial charge in [-0.15, -0.1) is 0 Å². The van der Waals surface area contributed by atoms with Crippen LogP contribution in [0.2, 0.25) is 0 Å². The van der Waals surface area contributed by atoms with Crippen LogP contribution in [0, 0.1) is 40.4 Å². The van der Waals surface area contributed by atoms with Crippen LogP contribution in [0.1, 0.15) is 92.9 Å². The van der Waals surface area contributed by atoms with E-state index in [1.165, 1.54) is 12.8 Å². The number of rotatable bonds is 4. The highest BCUT2D eigenvalue weighted by Gasteiger charge is 2.76. The predicted octanol–water partition coefficient (Wildman–Crippen LogP) is 5.06. The molecule has 0 aromatic heterocycles. The fourth-order valence-electron chi connectivity index (χ4n) is 8.57. The molecule has 5 aliphatic rings. The first-order chi connectivity index (χ1) is 15.0. The summed E-state index contributed by atoms with van der Waals surface area (Å²) in [4.78, 5) is 14.2. The summed E-state index contributed by atoms with van der Waals surface area (Å²) >= 11 is 0. The molecule has 10 atom stereocenters. The van der Waals surface area contributed by atoms with Gasteiger partial charge in [0.25, 0.3) is 0 Å². The van der Waals surface area contributed by atoms with Crippen molar-refractivity contribution in [2.24, 2.45) is 40.4 Å². The summed E-state index contributed by atoms with van der Waals surface area (Å²) in [6.07, 6.45) is 6.05. The fraction of sp³-hybridized carbons (Fsp3) is 0.893. The second-order valence-corrected chi connectivity index (χ2v) is 13.0. The van der Waals surface area contributed by atoms with Gasteiger partial charge in [0.2, 0.25) is 0 Å². The number of aliphatic hydroxyl groups excluding tert-OH is 2. The summed E-state index contributed by atoms with van der Waals surface area (Å²) in [5, 5.41) is 21.6. The van der Waals surface area contributed by atoms with Gasteiger partial charge in [-0.2, -0.15) is 0 Å². The molecule has 3 fully saturated rings. The number of aliphatic hydroxyl groups is 2. The van der Waals surface area contributed by atoms with Crippen molar-refractivity contribution in [1.29, 1.82) is 0 Å². The summed E-state index contributed by atoms with van der Waals surface area (Å²) in [5.74, 6) is 3.26. The number of fused-ring (bicyclic) bond motifs is 1. The maximum absolute atomic E-state index is 14.2. The van der Waals surface area contributed by atoms with Crippen LogP contribution in [-0.4, -0.2) is 39.9 Å². The normalized spacial score (nSPS) is 51.3. The van der Waals surface area contributed by atoms with Crippen LogP contribution in [0.5, 0.6) is 0 Å². The van der Waals surface area contributed by atoms with E-state index in [0.29, 0.717) is 41.6 Å². The molecule has 1 spiro atoms. The molecule has 2 N–H and O–H groups in total. The Morgan fingerprint density at radius 3 is 2.50 bits per heavy atom. The van der Waals surface area contributed by atoms with Gasteiger partial charge in [-0.05, 0) is 74.5 Å². The molecule has 0 bridgehead atoms. The quantitative estimate of drug-likeness (QED) is 0.595. The standard InChI is InChI=1S/C28H44O4/c1-15(2)16(3)13-18-7-8-20(17(18)4)26(5)11-10-21-22(24(26)31)23(30)25-28(32-25)14-19(29)9-12-27(21,28)6/h15-20,23,25,29-30H,7-14H2,1-6H3/t16-,17+,18-,19-,20+,23+,25-,26+,27+,28-/m0/s1. The molecule has 180 valence electrons. The maximum Gasteiger partial charge on any atom is 0.167 e. The van der Waals surface area contributed by atoms with E-state index in [0.717, 1.165) is 37.7 Å². The molecule has 1 heterocycles. The Hall–Kier alpha value is -0.710. The number of Topliss-reactive ketones (excluding diaryl/α,β-unsaturated/α-hetero) is 1. The third kappa shape index (κ3) is 2.94. The van der Waals surface area contributed by atoms with Gasteiger partial charge >= 0.3 is 0 Å². The lowest BCUT2D eigenvalue weighted by atomic mass is 9.50. The molecule has 0 aromatic carbocycles. The second kappa shape index (κ2) is 7.39. The van der Waals surface area contributed by atoms with Gasteiger partial charge in [-0.3, -0.25) is 4.79 Å². The van der Waals surface area contributed by atoms with Crippen molar-refractivity contribution in [2.75, 3.05) is 0 Å². The number of hydrogen-bond donors (Lipinski definition) is 2. The first-order valence-electron chi connectivity index (χ1n) is 13.3. The van der Waals surface area contributed by atoms with E-state index in [-0.39, 0.29) is 28.8 Å². The van der Waals surface area contributed by atoms with Crippen LogP contribution >= 0.6 is 0 Å². The topological polar surface area (TPSA) is 70.1 Å². The van der Waals surface area contributed by atoms with Crippen LogP contribution in [0.15, 0.2) is 11.1 Å². The lowest BCUT2D eigenvalue weighted by Gasteiger charge is -2.52. The number of ether oxygens (including phenoxy) is 1. The van der Waals surface area contributed by atoms with E-state index >= 15 is 0 Å². The molecule has 0 aromatic rings. The summed E-state index contributed by atoms with van der Waals surface area (Å²) < 4.78 is 6.19. The largest absolute Gasteiger partial charge is 0.393 e. The minimum Gasteiger partial charge on any atom is -0.393 e. The third-order valence-corrected chi connectivity index (χ3v) is 11.3. The van der Waals surface area contributed by atoms with Crippen LogP contribution in [0.3, 0.4) is 0 Å². The molecule has 1 aliphatic heterocycles. The van der Waals surface area contributed by atoms with Crippen LogP contribution < -0.4 is 0 Å². The van der Waals surface area contributed by atoms with Crippen molar-refractivity contribution in [1.82, 2.24) is 0 Å². The molecule has 0 radical (unpaired) electrons. The summed E-state index contributed by atoms with van der Waals surface area (Å²) in [6.45, 7) is 13.8. The zero-order chi connectivity index (χ0) is 23.2. The lowest BCUT2D eigenvalue weighted by molar-refractivity contribution is -0.131. The molecular weight excluding hydrogens is 400 g/mol. The molecule has 4 heteroatoms. The van der Waals surface area contributed by atoms with Gasteiger partial charge in [0.1, 0.15) is 17.8 Å². The molecule has 4 nitrogen and oxygen atoms in total. The van der Waals surface area contributed by atoms with Crippen molar-refractivity contribution in [3.63, 3.8) is 0 Å². The molecular formula is C28H44O4. The molecule has 1 saturated heterocycles. The molecule has 0 amide bonds. The number of ketones is 1. The summed E-state index contributed by atoms with van der Waals surface area (Å²) in [5.41, 5.74) is 0.786. The van der Waals surface area contributed by atoms with Gasteiger partial charge < -0.3 is 14.9 Å². The Kier molecular flexibility index (Phi) is 5.33. The number of hydrogen-bond acceptors (Lipinski definition) is 4. The zero-order valence-electron chi connectivity index (χ0n) is 21.0. The summed E-state index contributed by atoms with van der Waals surface area (Å²) in [7, 11) is 0. The average Bonchev–Trinajstić information content (AvgIpc) is 3.35. The van der Waals surface area contributed by atoms with E-state index in [1.54, 1.807) is 0 Å². The maximum atomic E-state index is 14.2. The molecule has 5 rings (SSSR count). The SMILES string of the molecule is CC(C)[C@@H](C)C[C@@H]1CC[C@@H]([C@@]2(C)CCC3=C(C2=O)[C@@H](O)[C@@H]2O[C@@]24C[C@@H](O)CC[C@]34C)[C@@H]1C. The van der Waals surface area contributed by atoms with Crippen LogP contribution in [0.4, 0.5) is 0 Å². The zero-order valence-corrected chi connectivity index (χ0v) is 21.0. The van der Waals surface area contributed by atoms with E-state index in [2.05, 4.69) is 41.5 Å². The Bertz CT molecular complexity index is 831. The molecule has 32 heavy (non-hydrogen) atoms. The Morgan fingerprint density at radius 1 is 1.09 bits per heavy atom. The summed E-state index contributed by atoms with van der Waals surface area (Å²) in [6, 6.07) is 0. The van der Waals surface area contributed by atoms with E-state index in [9.17, 15) is 15.0 Å². The van der Waals surface area contributed by atoms with Crippen molar-refractivity contribution in [2.45, 2.75) is 117 Å². The van der Waals surface area contributed by atoms with Crippen molar-refractivity contribution < 1.29 is 19.7 Å². The predicted molar refractivity (Wildman–Crippen MR) is 125 cm³/mol. The smallest absolute Gasteiger partial charge is 0.167 e. The first kappa shape index (κ1) is 23.1. The molecule has 4 aliphatic carbocycles. The highest BCUT2D eigenvalue weighted by Crippen LogP contribution is 2.69. The van der Waals surface area contributed by atoms with Crippen LogP contribution in [-0.2, 0) is 9.53 Å². The molecule has 2 saturated carbocycles. The minimum atomic E-state index is -0.830. The number of carbonyl (C=O) groups is 1. The van der Waals surface area contributed by atoms with Gasteiger partial charge in [0.15, 0.2) is 5.78 Å². The average molecular weight is 445 g/mol. The van der Waals surface area contributed by atoms with Crippen molar-refractivity contribution in [3.8, 4) is 0 Å². The minimum absolute atomic E-state index is 0.206. The van der Waals surface area contributed by atoms with Gasteiger partial charge in [-0.1, -0.05) is 47.1 Å². The monoisotopic (exact) mass is 444 g/mol. The van der Waals surface area contributed by atoms with E-state index < -0.39 is 11.7 Å². The number of carbonyl (C=O) groups excluding carboxylic acids is 1. The van der Waals surface area contributed by atoms with E-state index in [4.69, 9.17) is 4.74 Å². The third-order valence-electron chi connectivity index (χ3n) is 11.3. The van der Waals surface area contributed by atoms with Crippen LogP contribution in [0.25, 0.3) is 0 Å². The van der Waals surface area contributed by atoms with Crippen molar-refractivity contribution >= 4 is 5.78 Å². The van der Waals surface area contributed by atoms with Gasteiger partial charge in [0, 0.05) is 22.8 Å². The number of epoxide rings is 1. The Balaban J connectivity index is 1.43. The highest BCUT2D eigenvalue weighted by atomic mass is 16.6. The highest BCUT2D eigenvalue weighted by molar-refractivity contribution is 6.03. The van der Waals surface area contributed by atoms with Gasteiger partial charge in [0.05, 0.1) is 6.10 Å². The Labute approximate surface area is 194 Å². The lowest BCUT2D eigenvalue weighted by Crippen LogP contribution is -2.56. The first-order valence-corrected chi connectivity index (χ1v) is 13.3. The van der Waals surface area contributed by atoms with E-state index in [1.807, 2.05) is 0 Å². The fourth-order valence-corrected chi connectivity index (χ4v) is 8.57.